The summed E-state index contributed by atoms with van der Waals surface area (Å²) in [5.41, 5.74) is 8.59. The zero-order valence-corrected chi connectivity index (χ0v) is 18.6. The lowest BCUT2D eigenvalue weighted by atomic mass is 9.88. The first kappa shape index (κ1) is 21.8. The maximum Gasteiger partial charge on any atom is 0.150 e. The fourth-order valence-corrected chi connectivity index (χ4v) is 4.34. The second-order valence-electron chi connectivity index (χ2n) is 8.48. The average Bonchev–Trinajstić information content (AvgIpc) is 3.17. The van der Waals surface area contributed by atoms with Crippen LogP contribution >= 0.6 is 0 Å². The van der Waals surface area contributed by atoms with Crippen LogP contribution in [0, 0.1) is 17.1 Å². The van der Waals surface area contributed by atoms with Gasteiger partial charge in [0.05, 0.1) is 29.8 Å². The molecule has 1 atom stereocenters. The Morgan fingerprint density at radius 1 is 1.24 bits per heavy atom. The van der Waals surface area contributed by atoms with Gasteiger partial charge in [-0.25, -0.2) is 19.3 Å². The number of fused-ring (bicyclic) bond motifs is 1. The predicted octanol–water partition coefficient (Wildman–Crippen LogP) is 4.51. The molecular weight excluding hydrogens is 433 g/mol. The van der Waals surface area contributed by atoms with E-state index in [9.17, 15) is 9.65 Å². The first-order valence-electron chi connectivity index (χ1n) is 11.1. The number of nitrogen functional groups attached to an aromatic ring is 1. The molecule has 0 amide bonds. The van der Waals surface area contributed by atoms with E-state index >= 15 is 0 Å². The first-order chi connectivity index (χ1) is 16.5. The number of halogens is 1. The van der Waals surface area contributed by atoms with Gasteiger partial charge in [-0.2, -0.15) is 5.26 Å². The van der Waals surface area contributed by atoms with E-state index in [2.05, 4.69) is 19.9 Å². The molecule has 0 bridgehead atoms. The lowest BCUT2D eigenvalue weighted by molar-refractivity contribution is -0.0354. The van der Waals surface area contributed by atoms with E-state index in [-0.39, 0.29) is 35.4 Å². The zero-order valence-electron chi connectivity index (χ0n) is 18.6. The Morgan fingerprint density at radius 2 is 2.03 bits per heavy atom. The van der Waals surface area contributed by atoms with Crippen molar-refractivity contribution in [2.24, 2.45) is 0 Å². The van der Waals surface area contributed by atoms with Crippen molar-refractivity contribution in [3.05, 3.63) is 77.6 Å². The van der Waals surface area contributed by atoms with Crippen LogP contribution in [0.3, 0.4) is 0 Å². The van der Waals surface area contributed by atoms with Crippen LogP contribution in [0.4, 0.5) is 16.0 Å². The van der Waals surface area contributed by atoms with Crippen molar-refractivity contribution in [3.8, 4) is 6.07 Å². The number of rotatable bonds is 7. The highest BCUT2D eigenvalue weighted by Crippen LogP contribution is 2.40. The standard InChI is InChI=1S/C25H24FN7O/c1-15(31-24-20(12-27)23(28)29-14-30-24)25-32-21-8-7-17(26)9-22(21)33(25)18-10-19(11-18)34-13-16-5-3-2-4-6-16/h2-9,14-15,18-19H,10-11,13H2,1H3,(H3,28,29,30,31)/t15-,18?,19?/m0/s1. The highest BCUT2D eigenvalue weighted by molar-refractivity contribution is 5.76. The Kier molecular flexibility index (Phi) is 5.82. The van der Waals surface area contributed by atoms with Crippen LogP contribution in [-0.4, -0.2) is 25.6 Å². The fraction of sp³-hybridized carbons (Fsp3) is 0.280. The number of hydrogen-bond acceptors (Lipinski definition) is 7. The molecule has 1 fully saturated rings. The molecule has 172 valence electrons. The van der Waals surface area contributed by atoms with E-state index in [1.54, 1.807) is 6.07 Å². The number of nitrogens with zero attached hydrogens (tertiary/aromatic N) is 5. The van der Waals surface area contributed by atoms with Gasteiger partial charge in [-0.05, 0) is 43.5 Å². The van der Waals surface area contributed by atoms with E-state index in [1.165, 1.54) is 18.5 Å². The molecule has 2 aromatic heterocycles. The molecule has 0 spiro atoms. The topological polar surface area (TPSA) is 115 Å². The number of hydrogen-bond donors (Lipinski definition) is 2. The van der Waals surface area contributed by atoms with E-state index in [1.807, 2.05) is 43.3 Å². The van der Waals surface area contributed by atoms with Crippen molar-refractivity contribution in [1.82, 2.24) is 19.5 Å². The summed E-state index contributed by atoms with van der Waals surface area (Å²) in [6.07, 6.45) is 3.04. The van der Waals surface area contributed by atoms with Crippen molar-refractivity contribution in [3.63, 3.8) is 0 Å². The number of aromatic nitrogens is 4. The number of anilines is 2. The molecule has 2 aromatic carbocycles. The third kappa shape index (κ3) is 4.16. The molecule has 0 saturated heterocycles. The van der Waals surface area contributed by atoms with Crippen LogP contribution in [0.1, 0.15) is 48.8 Å². The quantitative estimate of drug-likeness (QED) is 0.419. The molecule has 1 aliphatic rings. The summed E-state index contributed by atoms with van der Waals surface area (Å²) < 4.78 is 22.3. The molecule has 0 unspecified atom stereocenters. The molecule has 5 rings (SSSR count). The second kappa shape index (κ2) is 9.08. The molecule has 2 heterocycles. The number of ether oxygens (including phenoxy) is 1. The minimum atomic E-state index is -0.318. The number of nitriles is 1. The highest BCUT2D eigenvalue weighted by Gasteiger charge is 2.35. The van der Waals surface area contributed by atoms with Crippen molar-refractivity contribution < 1.29 is 9.13 Å². The van der Waals surface area contributed by atoms with Gasteiger partial charge in [-0.1, -0.05) is 30.3 Å². The predicted molar refractivity (Wildman–Crippen MR) is 126 cm³/mol. The molecule has 0 aliphatic heterocycles. The molecule has 4 aromatic rings. The Bertz CT molecular complexity index is 1360. The summed E-state index contributed by atoms with van der Waals surface area (Å²) in [5.74, 6) is 0.866. The van der Waals surface area contributed by atoms with Gasteiger partial charge in [0.2, 0.25) is 0 Å². The summed E-state index contributed by atoms with van der Waals surface area (Å²) in [6.45, 7) is 2.49. The average molecular weight is 458 g/mol. The highest BCUT2D eigenvalue weighted by atomic mass is 19.1. The van der Waals surface area contributed by atoms with Crippen LogP contribution in [0.5, 0.6) is 0 Å². The van der Waals surface area contributed by atoms with Crippen molar-refractivity contribution in [2.75, 3.05) is 11.1 Å². The number of nitrogens with two attached hydrogens (primary N) is 1. The van der Waals surface area contributed by atoms with Gasteiger partial charge in [0.25, 0.3) is 0 Å². The van der Waals surface area contributed by atoms with Gasteiger partial charge < -0.3 is 20.4 Å². The van der Waals surface area contributed by atoms with Crippen LogP contribution in [0.25, 0.3) is 11.0 Å². The van der Waals surface area contributed by atoms with Crippen LogP contribution in [-0.2, 0) is 11.3 Å². The molecule has 1 aliphatic carbocycles. The van der Waals surface area contributed by atoms with Crippen molar-refractivity contribution in [1.29, 1.82) is 5.26 Å². The zero-order chi connectivity index (χ0) is 23.7. The normalized spacial score (nSPS) is 18.3. The first-order valence-corrected chi connectivity index (χ1v) is 11.1. The Hall–Kier alpha value is -4.03. The van der Waals surface area contributed by atoms with E-state index in [0.29, 0.717) is 17.9 Å². The number of nitrogens with one attached hydrogen (secondary N) is 1. The van der Waals surface area contributed by atoms with Crippen molar-refractivity contribution in [2.45, 2.75) is 44.6 Å². The van der Waals surface area contributed by atoms with Gasteiger partial charge in [-0.3, -0.25) is 0 Å². The third-order valence-corrected chi connectivity index (χ3v) is 6.17. The fourth-order valence-electron chi connectivity index (χ4n) is 4.34. The molecule has 1 saturated carbocycles. The summed E-state index contributed by atoms with van der Waals surface area (Å²) in [5, 5.41) is 12.7. The summed E-state index contributed by atoms with van der Waals surface area (Å²) >= 11 is 0. The SMILES string of the molecule is C[C@H](Nc1ncnc(N)c1C#N)c1nc2ccc(F)cc2n1C1CC(OCc2ccccc2)C1. The van der Waals surface area contributed by atoms with Crippen LogP contribution in [0.15, 0.2) is 54.9 Å². The van der Waals surface area contributed by atoms with Crippen molar-refractivity contribution >= 4 is 22.7 Å². The Balaban J connectivity index is 1.39. The lowest BCUT2D eigenvalue weighted by Gasteiger charge is -2.37. The molecule has 8 nitrogen and oxygen atoms in total. The summed E-state index contributed by atoms with van der Waals surface area (Å²) in [6, 6.07) is 16.5. The Labute approximate surface area is 196 Å². The maximum atomic E-state index is 14.1. The van der Waals surface area contributed by atoms with E-state index in [4.69, 9.17) is 15.5 Å². The summed E-state index contributed by atoms with van der Waals surface area (Å²) in [7, 11) is 0. The van der Waals surface area contributed by atoms with Gasteiger partial charge in [0, 0.05) is 6.04 Å². The lowest BCUT2D eigenvalue weighted by Crippen LogP contribution is -2.34. The van der Waals surface area contributed by atoms with Crippen LogP contribution < -0.4 is 11.1 Å². The largest absolute Gasteiger partial charge is 0.382 e. The molecule has 0 radical (unpaired) electrons. The molecular formula is C25H24FN7O. The molecule has 3 N–H and O–H groups in total. The third-order valence-electron chi connectivity index (χ3n) is 6.17. The van der Waals surface area contributed by atoms with E-state index < -0.39 is 0 Å². The summed E-state index contributed by atoms with van der Waals surface area (Å²) in [4.78, 5) is 12.8. The second-order valence-corrected chi connectivity index (χ2v) is 8.48. The minimum Gasteiger partial charge on any atom is -0.382 e. The van der Waals surface area contributed by atoms with Crippen LogP contribution in [0.2, 0.25) is 0 Å². The van der Waals surface area contributed by atoms with Gasteiger partial charge in [-0.15, -0.1) is 0 Å². The van der Waals surface area contributed by atoms with Gasteiger partial charge in [0.15, 0.2) is 0 Å². The monoisotopic (exact) mass is 457 g/mol. The smallest absolute Gasteiger partial charge is 0.150 e. The number of imidazole rings is 1. The minimum absolute atomic E-state index is 0.111. The Morgan fingerprint density at radius 3 is 2.79 bits per heavy atom. The van der Waals surface area contributed by atoms with Gasteiger partial charge >= 0.3 is 0 Å². The van der Waals surface area contributed by atoms with Gasteiger partial charge in [0.1, 0.15) is 41.2 Å². The maximum absolute atomic E-state index is 14.1. The van der Waals surface area contributed by atoms with E-state index in [0.717, 1.165) is 29.7 Å². The molecule has 9 heteroatoms. The number of benzene rings is 2. The molecule has 34 heavy (non-hydrogen) atoms.